The fraction of sp³-hybridized carbons (Fsp3) is 0. The summed E-state index contributed by atoms with van der Waals surface area (Å²) in [7, 11) is -4.64. The average Bonchev–Trinajstić information content (AvgIpc) is 0.722. The third kappa shape index (κ3) is 44.2. The first kappa shape index (κ1) is 23.1. The van der Waals surface area contributed by atoms with E-state index < -0.39 is 7.82 Å². The molecule has 0 aromatic carbocycles. The van der Waals surface area contributed by atoms with Gasteiger partial charge >= 0.3 is 111 Å². The molecule has 4 nitrogen and oxygen atoms in total. The standard InChI is InChI=1S/Eu.2K.H3O4P.2H/c;;;1-5(2,3)4;;/h;;;(H3,1,2,3,4);;/q;2*+1;;2*-1. The Morgan fingerprint density at radius 3 is 1.12 bits per heavy atom. The summed E-state index contributed by atoms with van der Waals surface area (Å²) in [6.45, 7) is 0. The quantitative estimate of drug-likeness (QED) is 0.305. The van der Waals surface area contributed by atoms with E-state index >= 15 is 0 Å². The van der Waals surface area contributed by atoms with E-state index in [-0.39, 0.29) is 155 Å². The van der Waals surface area contributed by atoms with Gasteiger partial charge < -0.3 is 17.5 Å². The summed E-state index contributed by atoms with van der Waals surface area (Å²) in [5, 5.41) is 0. The summed E-state index contributed by atoms with van der Waals surface area (Å²) < 4.78 is 8.88. The van der Waals surface area contributed by atoms with Gasteiger partial charge in [0.25, 0.3) is 0 Å². The first-order valence-corrected chi connectivity index (χ1v) is 2.35. The second-order valence-corrected chi connectivity index (χ2v) is 1.54. The Morgan fingerprint density at radius 2 is 1.12 bits per heavy atom. The van der Waals surface area contributed by atoms with E-state index in [1.165, 1.54) is 0 Å². The molecule has 0 amide bonds. The molecular formula is H5EuK2O4P. The summed E-state index contributed by atoms with van der Waals surface area (Å²) >= 11 is 0. The number of rotatable bonds is 0. The van der Waals surface area contributed by atoms with Crippen LogP contribution in [0.1, 0.15) is 2.85 Å². The Balaban J connectivity index is -0.00000000800. The maximum atomic E-state index is 8.88. The van der Waals surface area contributed by atoms with Gasteiger partial charge in [-0.2, -0.15) is 0 Å². The van der Waals surface area contributed by atoms with E-state index in [4.69, 9.17) is 19.2 Å². The van der Waals surface area contributed by atoms with Gasteiger partial charge in [0.05, 0.1) is 0 Å². The predicted octanol–water partition coefficient (Wildman–Crippen LogP) is -6.70. The van der Waals surface area contributed by atoms with Gasteiger partial charge in [0, 0.05) is 49.4 Å². The van der Waals surface area contributed by atoms with Crippen LogP contribution in [0.3, 0.4) is 0 Å². The molecule has 0 aromatic heterocycles. The van der Waals surface area contributed by atoms with E-state index in [1.807, 2.05) is 0 Å². The molecule has 3 N–H and O–H groups in total. The van der Waals surface area contributed by atoms with Crippen molar-refractivity contribution in [2.45, 2.75) is 0 Å². The van der Waals surface area contributed by atoms with Crippen LogP contribution in [-0.4, -0.2) is 14.7 Å². The van der Waals surface area contributed by atoms with Gasteiger partial charge in [-0.25, -0.2) is 4.57 Å². The fourth-order valence-corrected chi connectivity index (χ4v) is 0. The summed E-state index contributed by atoms with van der Waals surface area (Å²) in [6.07, 6.45) is 0. The van der Waals surface area contributed by atoms with E-state index in [1.54, 1.807) is 0 Å². The molecule has 0 atom stereocenters. The monoisotopic (exact) mass is 331 g/mol. The van der Waals surface area contributed by atoms with Crippen molar-refractivity contribution >= 4 is 7.82 Å². The van der Waals surface area contributed by atoms with Crippen LogP contribution < -0.4 is 103 Å². The van der Waals surface area contributed by atoms with E-state index in [0.29, 0.717) is 0 Å². The third-order valence-electron chi connectivity index (χ3n) is 0. The van der Waals surface area contributed by atoms with Crippen molar-refractivity contribution in [3.8, 4) is 0 Å². The van der Waals surface area contributed by atoms with Crippen molar-refractivity contribution in [1.82, 2.24) is 0 Å². The number of phosphoric acid groups is 1. The second kappa shape index (κ2) is 12.0. The van der Waals surface area contributed by atoms with Crippen molar-refractivity contribution in [3.05, 3.63) is 0 Å². The summed E-state index contributed by atoms with van der Waals surface area (Å²) in [5.41, 5.74) is 0. The molecule has 43 valence electrons. The van der Waals surface area contributed by atoms with Crippen molar-refractivity contribution in [1.29, 1.82) is 0 Å². The first-order valence-electron chi connectivity index (χ1n) is 0.783. The molecule has 8 heteroatoms. The van der Waals surface area contributed by atoms with Gasteiger partial charge in [0.2, 0.25) is 0 Å². The van der Waals surface area contributed by atoms with Crippen molar-refractivity contribution in [2.24, 2.45) is 0 Å². The number of hydrogen-bond donors (Lipinski definition) is 3. The summed E-state index contributed by atoms with van der Waals surface area (Å²) in [6, 6.07) is 0. The zero-order valence-corrected chi connectivity index (χ0v) is 14.1. The topological polar surface area (TPSA) is 77.8 Å². The molecule has 0 unspecified atom stereocenters. The molecule has 0 aromatic rings. The van der Waals surface area contributed by atoms with Gasteiger partial charge in [-0.05, 0) is 0 Å². The third-order valence-corrected chi connectivity index (χ3v) is 0. The minimum atomic E-state index is -4.64. The van der Waals surface area contributed by atoms with Crippen LogP contribution in [0.25, 0.3) is 0 Å². The largest absolute Gasteiger partial charge is 1.00 e. The maximum Gasteiger partial charge on any atom is 1.00 e. The zero-order chi connectivity index (χ0) is 4.50. The minimum Gasteiger partial charge on any atom is -1.00 e. The van der Waals surface area contributed by atoms with Gasteiger partial charge in [0.15, 0.2) is 0 Å². The van der Waals surface area contributed by atoms with Crippen LogP contribution in [0, 0.1) is 49.4 Å². The van der Waals surface area contributed by atoms with Gasteiger partial charge in [-0.3, -0.25) is 0 Å². The van der Waals surface area contributed by atoms with Crippen molar-refractivity contribution < 1.29 is 174 Å². The molecule has 0 rings (SSSR count). The van der Waals surface area contributed by atoms with Gasteiger partial charge in [-0.15, -0.1) is 0 Å². The molecule has 0 aliphatic rings. The Kier molecular flexibility index (Phi) is 34.5. The van der Waals surface area contributed by atoms with Crippen LogP contribution in [0.5, 0.6) is 0 Å². The van der Waals surface area contributed by atoms with Crippen LogP contribution in [0.2, 0.25) is 0 Å². The normalized spacial score (nSPS) is 7.38. The van der Waals surface area contributed by atoms with Crippen LogP contribution >= 0.6 is 7.82 Å². The zero-order valence-electron chi connectivity index (χ0n) is 6.58. The molecule has 0 aliphatic heterocycles. The fourth-order valence-electron chi connectivity index (χ4n) is 0. The smallest absolute Gasteiger partial charge is 1.00 e. The Hall–Kier alpha value is 4.97. The molecule has 0 saturated heterocycles. The molecule has 8 heavy (non-hydrogen) atoms. The van der Waals surface area contributed by atoms with Crippen molar-refractivity contribution in [2.75, 3.05) is 0 Å². The molecule has 0 saturated carbocycles. The molecule has 1 radical (unpaired) electrons. The van der Waals surface area contributed by atoms with Crippen LogP contribution in [0.15, 0.2) is 0 Å². The molecule has 0 fully saturated rings. The van der Waals surface area contributed by atoms with E-state index in [9.17, 15) is 0 Å². The molecule has 0 spiro atoms. The second-order valence-electron chi connectivity index (χ2n) is 0.513. The maximum absolute atomic E-state index is 8.88. The first-order chi connectivity index (χ1) is 2.00. The molecular weight excluding hydrogens is 325 g/mol. The van der Waals surface area contributed by atoms with Crippen molar-refractivity contribution in [3.63, 3.8) is 0 Å². The average molecular weight is 330 g/mol. The van der Waals surface area contributed by atoms with E-state index in [2.05, 4.69) is 0 Å². The Morgan fingerprint density at radius 1 is 1.12 bits per heavy atom. The Bertz CT molecular complexity index is 67.4. The van der Waals surface area contributed by atoms with Gasteiger partial charge in [-0.1, -0.05) is 0 Å². The summed E-state index contributed by atoms with van der Waals surface area (Å²) in [4.78, 5) is 21.6. The molecule has 0 aliphatic carbocycles. The molecule has 0 bridgehead atoms. The van der Waals surface area contributed by atoms with Gasteiger partial charge in [0.1, 0.15) is 0 Å². The van der Waals surface area contributed by atoms with E-state index in [0.717, 1.165) is 0 Å². The van der Waals surface area contributed by atoms with Crippen LogP contribution in [-0.2, 0) is 4.57 Å². The van der Waals surface area contributed by atoms with Crippen LogP contribution in [0.4, 0.5) is 0 Å². The minimum absolute atomic E-state index is 0. The Labute approximate surface area is 176 Å². The number of hydrogen-bond acceptors (Lipinski definition) is 1. The summed E-state index contributed by atoms with van der Waals surface area (Å²) in [5.74, 6) is 0. The SMILES string of the molecule is O=P(O)(O)O.[Eu].[H-].[H-].[K+].[K+]. The predicted molar refractivity (Wildman–Crippen MR) is 16.5 cm³/mol. The molecule has 0 heterocycles.